The van der Waals surface area contributed by atoms with Gasteiger partial charge in [-0.25, -0.2) is 14.4 Å². The molecule has 5 rings (SSSR count). The van der Waals surface area contributed by atoms with E-state index in [0.717, 1.165) is 11.1 Å². The van der Waals surface area contributed by atoms with Crippen molar-refractivity contribution in [2.75, 3.05) is 25.2 Å². The predicted octanol–water partition coefficient (Wildman–Crippen LogP) is 5.41. The minimum absolute atomic E-state index is 0.00410. The van der Waals surface area contributed by atoms with Gasteiger partial charge in [0.1, 0.15) is 5.82 Å². The van der Waals surface area contributed by atoms with E-state index in [0.29, 0.717) is 52.9 Å². The van der Waals surface area contributed by atoms with Crippen molar-refractivity contribution in [3.63, 3.8) is 0 Å². The Hall–Kier alpha value is -2.68. The first kappa shape index (κ1) is 24.0. The number of anilines is 2. The minimum Gasteiger partial charge on any atom is -0.616 e. The summed E-state index contributed by atoms with van der Waals surface area (Å²) in [5.74, 6) is -0.0642. The topological polar surface area (TPSA) is 81.2 Å². The van der Waals surface area contributed by atoms with Gasteiger partial charge in [0.15, 0.2) is 4.75 Å². The summed E-state index contributed by atoms with van der Waals surface area (Å²) in [6, 6.07) is 10.3. The van der Waals surface area contributed by atoms with Gasteiger partial charge in [0.2, 0.25) is 5.95 Å². The van der Waals surface area contributed by atoms with E-state index in [1.807, 2.05) is 25.2 Å². The van der Waals surface area contributed by atoms with Crippen molar-refractivity contribution in [2.24, 2.45) is 0 Å². The fourth-order valence-corrected chi connectivity index (χ4v) is 6.27. The van der Waals surface area contributed by atoms with E-state index >= 15 is 0 Å². The third kappa shape index (κ3) is 4.17. The summed E-state index contributed by atoms with van der Waals surface area (Å²) in [6.45, 7) is 4.83. The number of nitrogens with one attached hydrogen (secondary N) is 1. The summed E-state index contributed by atoms with van der Waals surface area (Å²) in [6.07, 6.45) is 4.53. The number of carbonyl (C=O) groups is 1. The lowest BCUT2D eigenvalue weighted by Crippen LogP contribution is -2.44. The zero-order valence-electron chi connectivity index (χ0n) is 20.0. The standard InChI is InChI=1S/C26H26ClFN4O2S/c1-25(2)14-32(3)23(33)17-7-5-15(11-18(17)25)22-20(27)13-29-24(31-22)30-16-6-8-21(28)19(12-16)26(9-10-26)35(4)34/h5-8,11-13H,9-10,14H2,1-4H3,(H,29,30,31). The summed E-state index contributed by atoms with van der Waals surface area (Å²) in [7, 11) is 1.81. The molecule has 6 nitrogen and oxygen atoms in total. The SMILES string of the molecule is CN1CC(C)(C)c2cc(-c3nc(Nc4ccc(F)c(C5([S+](C)[O-])CC5)c4)ncc3Cl)ccc2C1=O. The molecule has 9 heteroatoms. The average molecular weight is 513 g/mol. The highest BCUT2D eigenvalue weighted by atomic mass is 35.5. The third-order valence-electron chi connectivity index (χ3n) is 6.94. The van der Waals surface area contributed by atoms with Crippen molar-refractivity contribution < 1.29 is 13.7 Å². The molecule has 1 aromatic heterocycles. The molecule has 0 radical (unpaired) electrons. The fraction of sp³-hybridized carbons (Fsp3) is 0.346. The number of amides is 1. The number of hydrogen-bond acceptors (Lipinski definition) is 5. The van der Waals surface area contributed by atoms with E-state index in [-0.39, 0.29) is 17.1 Å². The molecule has 3 aromatic rings. The van der Waals surface area contributed by atoms with Crippen LogP contribution in [0.5, 0.6) is 0 Å². The van der Waals surface area contributed by atoms with Gasteiger partial charge in [-0.2, -0.15) is 0 Å². The van der Waals surface area contributed by atoms with Gasteiger partial charge in [-0.1, -0.05) is 31.5 Å². The summed E-state index contributed by atoms with van der Waals surface area (Å²) in [5.41, 5.74) is 3.77. The lowest BCUT2D eigenvalue weighted by atomic mass is 9.77. The zero-order chi connectivity index (χ0) is 25.1. The molecule has 0 bridgehead atoms. The minimum atomic E-state index is -1.17. The Morgan fingerprint density at radius 3 is 2.60 bits per heavy atom. The van der Waals surface area contributed by atoms with Crippen molar-refractivity contribution in [3.8, 4) is 11.3 Å². The molecule has 182 valence electrons. The number of aromatic nitrogens is 2. The van der Waals surface area contributed by atoms with Crippen LogP contribution in [0.15, 0.2) is 42.6 Å². The van der Waals surface area contributed by atoms with Crippen LogP contribution in [-0.4, -0.2) is 45.2 Å². The van der Waals surface area contributed by atoms with Crippen LogP contribution < -0.4 is 5.32 Å². The van der Waals surface area contributed by atoms with Crippen LogP contribution >= 0.6 is 11.6 Å². The predicted molar refractivity (Wildman–Crippen MR) is 137 cm³/mol. The van der Waals surface area contributed by atoms with E-state index < -0.39 is 15.9 Å². The van der Waals surface area contributed by atoms with Gasteiger partial charge in [-0.05, 0) is 47.1 Å². The number of benzene rings is 2. The van der Waals surface area contributed by atoms with Crippen LogP contribution in [0.2, 0.25) is 5.02 Å². The lowest BCUT2D eigenvalue weighted by Gasteiger charge is -2.37. The highest BCUT2D eigenvalue weighted by molar-refractivity contribution is 7.91. The monoisotopic (exact) mass is 512 g/mol. The molecule has 1 amide bonds. The van der Waals surface area contributed by atoms with Crippen LogP contribution in [0.4, 0.5) is 16.0 Å². The molecule has 2 heterocycles. The molecule has 1 atom stereocenters. The molecule has 0 spiro atoms. The number of fused-ring (bicyclic) bond motifs is 1. The number of halogens is 2. The van der Waals surface area contributed by atoms with Gasteiger partial charge in [-0.3, -0.25) is 4.79 Å². The second-order valence-electron chi connectivity index (χ2n) is 9.96. The highest BCUT2D eigenvalue weighted by Crippen LogP contribution is 2.53. The maximum atomic E-state index is 14.6. The van der Waals surface area contributed by atoms with Crippen LogP contribution in [0.1, 0.15) is 48.2 Å². The Bertz CT molecular complexity index is 1340. The molecule has 35 heavy (non-hydrogen) atoms. The normalized spacial score (nSPS) is 18.7. The van der Waals surface area contributed by atoms with Gasteiger partial charge in [0, 0.05) is 54.2 Å². The fourth-order valence-electron chi connectivity index (χ4n) is 4.93. The molecule has 1 aliphatic heterocycles. The van der Waals surface area contributed by atoms with Crippen molar-refractivity contribution in [3.05, 3.63) is 70.1 Å². The number of rotatable bonds is 5. The van der Waals surface area contributed by atoms with Crippen molar-refractivity contribution in [2.45, 2.75) is 36.9 Å². The van der Waals surface area contributed by atoms with Crippen LogP contribution in [-0.2, 0) is 21.3 Å². The van der Waals surface area contributed by atoms with Crippen molar-refractivity contribution >= 4 is 40.3 Å². The van der Waals surface area contributed by atoms with Gasteiger partial charge in [0.25, 0.3) is 5.91 Å². The summed E-state index contributed by atoms with van der Waals surface area (Å²) < 4.78 is 26.2. The highest BCUT2D eigenvalue weighted by Gasteiger charge is 2.55. The second-order valence-corrected chi connectivity index (χ2v) is 12.1. The zero-order valence-corrected chi connectivity index (χ0v) is 21.6. The summed E-state index contributed by atoms with van der Waals surface area (Å²) in [5, 5.41) is 3.51. The largest absolute Gasteiger partial charge is 0.616 e. The first-order valence-corrected chi connectivity index (χ1v) is 13.3. The van der Waals surface area contributed by atoms with E-state index in [9.17, 15) is 13.7 Å². The second kappa shape index (κ2) is 8.47. The Kier molecular flexibility index (Phi) is 5.81. The first-order valence-electron chi connectivity index (χ1n) is 11.4. The summed E-state index contributed by atoms with van der Waals surface area (Å²) in [4.78, 5) is 23.3. The molecular formula is C26H26ClFN4O2S. The van der Waals surface area contributed by atoms with Gasteiger partial charge in [0.05, 0.1) is 23.2 Å². The quantitative estimate of drug-likeness (QED) is 0.462. The van der Waals surface area contributed by atoms with Crippen molar-refractivity contribution in [1.82, 2.24) is 14.9 Å². The van der Waals surface area contributed by atoms with E-state index in [4.69, 9.17) is 11.6 Å². The summed E-state index contributed by atoms with van der Waals surface area (Å²) >= 11 is 5.31. The third-order valence-corrected chi connectivity index (χ3v) is 8.95. The Morgan fingerprint density at radius 2 is 1.91 bits per heavy atom. The molecule has 2 aliphatic rings. The van der Waals surface area contributed by atoms with Crippen LogP contribution in [0.25, 0.3) is 11.3 Å². The smallest absolute Gasteiger partial charge is 0.253 e. The Labute approximate surface area is 212 Å². The van der Waals surface area contributed by atoms with Crippen LogP contribution in [0.3, 0.4) is 0 Å². The van der Waals surface area contributed by atoms with E-state index in [2.05, 4.69) is 29.1 Å². The molecule has 1 fully saturated rings. The van der Waals surface area contributed by atoms with E-state index in [1.165, 1.54) is 12.3 Å². The lowest BCUT2D eigenvalue weighted by molar-refractivity contribution is 0.0737. The maximum Gasteiger partial charge on any atom is 0.253 e. The first-order chi connectivity index (χ1) is 16.5. The molecule has 2 aromatic carbocycles. The Morgan fingerprint density at radius 1 is 1.17 bits per heavy atom. The Balaban J connectivity index is 1.49. The molecule has 0 saturated heterocycles. The van der Waals surface area contributed by atoms with Gasteiger partial charge < -0.3 is 14.8 Å². The molecule has 1 N–H and O–H groups in total. The molecule has 1 aliphatic carbocycles. The number of carbonyl (C=O) groups excluding carboxylic acids is 1. The van der Waals surface area contributed by atoms with Crippen molar-refractivity contribution in [1.29, 1.82) is 0 Å². The number of likely N-dealkylation sites (N-methyl/N-ethyl adjacent to an activating group) is 1. The van der Waals surface area contributed by atoms with Gasteiger partial charge in [-0.15, -0.1) is 0 Å². The van der Waals surface area contributed by atoms with Gasteiger partial charge >= 0.3 is 0 Å². The average Bonchev–Trinajstić information content (AvgIpc) is 3.62. The number of nitrogens with zero attached hydrogens (tertiary/aromatic N) is 3. The molecular weight excluding hydrogens is 487 g/mol. The maximum absolute atomic E-state index is 14.6. The molecule has 1 saturated carbocycles. The molecule has 1 unspecified atom stereocenters. The van der Waals surface area contributed by atoms with E-state index in [1.54, 1.807) is 23.3 Å². The number of hydrogen-bond donors (Lipinski definition) is 1. The van der Waals surface area contributed by atoms with Crippen LogP contribution in [0, 0.1) is 5.82 Å².